The predicted molar refractivity (Wildman–Crippen MR) is 56.0 cm³/mol. The van der Waals surface area contributed by atoms with Crippen LogP contribution >= 0.6 is 0 Å². The fraction of sp³-hybridized carbons (Fsp3) is 1.00. The Bertz CT molecular complexity index is 248. The minimum atomic E-state index is -4.04. The third-order valence-corrected chi connectivity index (χ3v) is 3.86. The number of hydrogen-bond donors (Lipinski definition) is 1. The molecular formula is C11H19F3N2. The molecule has 94 valence electrons. The molecule has 0 amide bonds. The molecule has 2 fully saturated rings. The molecule has 0 aromatic heterocycles. The van der Waals surface area contributed by atoms with Crippen molar-refractivity contribution in [3.8, 4) is 0 Å². The maximum Gasteiger partial charge on any atom is 0.393 e. The highest BCUT2D eigenvalue weighted by Crippen LogP contribution is 2.35. The summed E-state index contributed by atoms with van der Waals surface area (Å²) in [5.41, 5.74) is 5.86. The monoisotopic (exact) mass is 236 g/mol. The fourth-order valence-electron chi connectivity index (χ4n) is 2.70. The van der Waals surface area contributed by atoms with Crippen LogP contribution in [-0.4, -0.2) is 36.2 Å². The van der Waals surface area contributed by atoms with Crippen molar-refractivity contribution in [1.82, 2.24) is 4.90 Å². The first kappa shape index (κ1) is 12.2. The van der Waals surface area contributed by atoms with Crippen molar-refractivity contribution in [3.05, 3.63) is 0 Å². The smallest absolute Gasteiger partial charge is 0.324 e. The average Bonchev–Trinajstić information content (AvgIpc) is 2.14. The molecule has 1 unspecified atom stereocenters. The summed E-state index contributed by atoms with van der Waals surface area (Å²) in [6, 6.07) is 0. The molecule has 5 heteroatoms. The number of rotatable bonds is 2. The number of likely N-dealkylation sites (tertiary alicyclic amines) is 1. The summed E-state index contributed by atoms with van der Waals surface area (Å²) >= 11 is 0. The van der Waals surface area contributed by atoms with Crippen molar-refractivity contribution in [3.63, 3.8) is 0 Å². The number of piperidine rings is 1. The lowest BCUT2D eigenvalue weighted by atomic mass is 9.77. The van der Waals surface area contributed by atoms with Gasteiger partial charge in [-0.15, -0.1) is 0 Å². The molecule has 1 aliphatic carbocycles. The van der Waals surface area contributed by atoms with Gasteiger partial charge in [0.15, 0.2) is 0 Å². The molecule has 2 nitrogen and oxygen atoms in total. The molecule has 0 radical (unpaired) electrons. The first-order valence-corrected chi connectivity index (χ1v) is 5.97. The van der Waals surface area contributed by atoms with Crippen LogP contribution in [0.1, 0.15) is 32.1 Å². The second-order valence-electron chi connectivity index (χ2n) is 5.33. The van der Waals surface area contributed by atoms with Crippen molar-refractivity contribution in [2.45, 2.75) is 43.8 Å². The molecule has 1 aliphatic heterocycles. The molecule has 0 bridgehead atoms. The van der Waals surface area contributed by atoms with Crippen molar-refractivity contribution >= 4 is 0 Å². The van der Waals surface area contributed by atoms with Crippen molar-refractivity contribution in [1.29, 1.82) is 0 Å². The number of halogens is 3. The molecule has 2 aliphatic rings. The molecule has 16 heavy (non-hydrogen) atoms. The standard InChI is InChI=1S/C11H19F3N2/c12-11(13,14)9-3-1-6-16(7-9)8-10(15)4-2-5-10/h9H,1-8,15H2. The van der Waals surface area contributed by atoms with E-state index in [0.29, 0.717) is 13.0 Å². The molecule has 0 spiro atoms. The van der Waals surface area contributed by atoms with E-state index in [1.54, 1.807) is 0 Å². The van der Waals surface area contributed by atoms with Crippen LogP contribution in [0.15, 0.2) is 0 Å². The van der Waals surface area contributed by atoms with Crippen molar-refractivity contribution in [2.24, 2.45) is 11.7 Å². The predicted octanol–water partition coefficient (Wildman–Crippen LogP) is 2.14. The van der Waals surface area contributed by atoms with Gasteiger partial charge in [-0.25, -0.2) is 0 Å². The molecule has 1 heterocycles. The van der Waals surface area contributed by atoms with Gasteiger partial charge in [-0.3, -0.25) is 0 Å². The van der Waals surface area contributed by atoms with Gasteiger partial charge >= 0.3 is 6.18 Å². The van der Waals surface area contributed by atoms with Crippen LogP contribution in [0.25, 0.3) is 0 Å². The topological polar surface area (TPSA) is 29.3 Å². The van der Waals surface area contributed by atoms with Gasteiger partial charge in [-0.05, 0) is 38.6 Å². The van der Waals surface area contributed by atoms with Gasteiger partial charge in [0.1, 0.15) is 0 Å². The summed E-state index contributed by atoms with van der Waals surface area (Å²) in [5, 5.41) is 0. The molecule has 0 aromatic carbocycles. The second kappa shape index (κ2) is 4.18. The van der Waals surface area contributed by atoms with E-state index in [-0.39, 0.29) is 18.5 Å². The molecule has 2 N–H and O–H groups in total. The molecule has 0 aromatic rings. The zero-order chi connectivity index (χ0) is 11.8. The number of nitrogens with two attached hydrogens (primary N) is 1. The number of hydrogen-bond acceptors (Lipinski definition) is 2. The highest BCUT2D eigenvalue weighted by Gasteiger charge is 2.43. The Morgan fingerprint density at radius 1 is 1.25 bits per heavy atom. The van der Waals surface area contributed by atoms with Crippen LogP contribution in [-0.2, 0) is 0 Å². The fourth-order valence-corrected chi connectivity index (χ4v) is 2.70. The maximum atomic E-state index is 12.6. The zero-order valence-corrected chi connectivity index (χ0v) is 9.39. The normalized spacial score (nSPS) is 31.1. The van der Waals surface area contributed by atoms with E-state index in [1.165, 1.54) is 0 Å². The highest BCUT2D eigenvalue weighted by molar-refractivity contribution is 4.96. The number of alkyl halides is 3. The van der Waals surface area contributed by atoms with E-state index in [1.807, 2.05) is 4.90 Å². The Kier molecular flexibility index (Phi) is 3.18. The van der Waals surface area contributed by atoms with Crippen LogP contribution in [0.2, 0.25) is 0 Å². The average molecular weight is 236 g/mol. The summed E-state index contributed by atoms with van der Waals surface area (Å²) in [5.74, 6) is -1.15. The quantitative estimate of drug-likeness (QED) is 0.796. The third-order valence-electron chi connectivity index (χ3n) is 3.86. The van der Waals surface area contributed by atoms with Gasteiger partial charge in [0.25, 0.3) is 0 Å². The minimum absolute atomic E-state index is 0.141. The summed E-state index contributed by atoms with van der Waals surface area (Å²) in [6.07, 6.45) is -0.0920. The Balaban J connectivity index is 1.87. The van der Waals surface area contributed by atoms with Gasteiger partial charge in [-0.2, -0.15) is 13.2 Å². The van der Waals surface area contributed by atoms with Gasteiger partial charge in [0.05, 0.1) is 5.92 Å². The van der Waals surface area contributed by atoms with E-state index in [9.17, 15) is 13.2 Å². The summed E-state index contributed by atoms with van der Waals surface area (Å²) < 4.78 is 37.8. The van der Waals surface area contributed by atoms with Gasteiger partial charge in [-0.1, -0.05) is 0 Å². The van der Waals surface area contributed by atoms with E-state index >= 15 is 0 Å². The first-order chi connectivity index (χ1) is 7.39. The molecule has 1 saturated carbocycles. The third kappa shape index (κ3) is 2.69. The Hall–Kier alpha value is -0.290. The molecular weight excluding hydrogens is 217 g/mol. The lowest BCUT2D eigenvalue weighted by Gasteiger charge is -2.44. The summed E-state index contributed by atoms with van der Waals surface area (Å²) in [6.45, 7) is 1.55. The van der Waals surface area contributed by atoms with E-state index in [2.05, 4.69) is 0 Å². The van der Waals surface area contributed by atoms with Gasteiger partial charge < -0.3 is 10.6 Å². The molecule has 1 saturated heterocycles. The summed E-state index contributed by atoms with van der Waals surface area (Å²) in [4.78, 5) is 1.90. The minimum Gasteiger partial charge on any atom is -0.324 e. The largest absolute Gasteiger partial charge is 0.393 e. The lowest BCUT2D eigenvalue weighted by molar-refractivity contribution is -0.187. The Morgan fingerprint density at radius 3 is 2.44 bits per heavy atom. The molecule has 1 atom stereocenters. The number of nitrogens with zero attached hydrogens (tertiary/aromatic N) is 1. The Morgan fingerprint density at radius 2 is 1.94 bits per heavy atom. The summed E-state index contributed by atoms with van der Waals surface area (Å²) in [7, 11) is 0. The highest BCUT2D eigenvalue weighted by atomic mass is 19.4. The van der Waals surface area contributed by atoms with Crippen LogP contribution in [0.5, 0.6) is 0 Å². The van der Waals surface area contributed by atoms with E-state index in [4.69, 9.17) is 5.73 Å². The van der Waals surface area contributed by atoms with Crippen LogP contribution in [0.3, 0.4) is 0 Å². The van der Waals surface area contributed by atoms with Crippen LogP contribution in [0, 0.1) is 5.92 Å². The Labute approximate surface area is 94.0 Å². The zero-order valence-electron chi connectivity index (χ0n) is 9.39. The van der Waals surface area contributed by atoms with Gasteiger partial charge in [0, 0.05) is 18.6 Å². The van der Waals surface area contributed by atoms with Crippen molar-refractivity contribution in [2.75, 3.05) is 19.6 Å². The van der Waals surface area contributed by atoms with Gasteiger partial charge in [0.2, 0.25) is 0 Å². The lowest BCUT2D eigenvalue weighted by Crippen LogP contribution is -2.57. The van der Waals surface area contributed by atoms with E-state index in [0.717, 1.165) is 25.8 Å². The second-order valence-corrected chi connectivity index (χ2v) is 5.33. The van der Waals surface area contributed by atoms with Crippen LogP contribution in [0.4, 0.5) is 13.2 Å². The van der Waals surface area contributed by atoms with Crippen LogP contribution < -0.4 is 5.73 Å². The SMILES string of the molecule is NC1(CN2CCCC(C(F)(F)F)C2)CCC1. The van der Waals surface area contributed by atoms with Crippen molar-refractivity contribution < 1.29 is 13.2 Å². The molecule has 2 rings (SSSR count). The first-order valence-electron chi connectivity index (χ1n) is 5.97. The maximum absolute atomic E-state index is 12.6. The van der Waals surface area contributed by atoms with E-state index < -0.39 is 12.1 Å².